The molecule has 0 aromatic heterocycles. The van der Waals surface area contributed by atoms with E-state index in [1.54, 1.807) is 5.32 Å². The van der Waals surface area contributed by atoms with Gasteiger partial charge in [0.15, 0.2) is 0 Å². The molecule has 0 bridgehead atoms. The van der Waals surface area contributed by atoms with Crippen LogP contribution in [0.25, 0.3) is 0 Å². The summed E-state index contributed by atoms with van der Waals surface area (Å²) in [6, 6.07) is 8.09. The fraction of sp³-hybridized carbons (Fsp3) is 0.529. The van der Waals surface area contributed by atoms with Crippen molar-refractivity contribution in [2.75, 3.05) is 13.1 Å². The number of carbonyl (C=O) groups is 2. The van der Waals surface area contributed by atoms with Crippen LogP contribution in [-0.2, 0) is 9.59 Å². The Bertz CT molecular complexity index is 597. The SMILES string of the molecule is CC(C)c1ccc([C@H]2C[C@@H]2C(=O)NCC(=O)NCC(F)(F)F)cc1. The predicted octanol–water partition coefficient (Wildman–Crippen LogP) is 2.71. The second-order valence-electron chi connectivity index (χ2n) is 6.38. The van der Waals surface area contributed by atoms with Gasteiger partial charge in [0.2, 0.25) is 11.8 Å². The van der Waals surface area contributed by atoms with E-state index in [0.717, 1.165) is 5.56 Å². The first-order valence-corrected chi connectivity index (χ1v) is 7.88. The lowest BCUT2D eigenvalue weighted by molar-refractivity contribution is -0.138. The molecule has 2 rings (SSSR count). The molecule has 2 N–H and O–H groups in total. The molecule has 4 nitrogen and oxygen atoms in total. The topological polar surface area (TPSA) is 58.2 Å². The number of hydrogen-bond donors (Lipinski definition) is 2. The zero-order chi connectivity index (χ0) is 17.9. The highest BCUT2D eigenvalue weighted by molar-refractivity contribution is 5.87. The van der Waals surface area contributed by atoms with Crippen molar-refractivity contribution in [1.29, 1.82) is 0 Å². The zero-order valence-corrected chi connectivity index (χ0v) is 13.6. The number of halogens is 3. The van der Waals surface area contributed by atoms with Gasteiger partial charge in [-0.15, -0.1) is 0 Å². The van der Waals surface area contributed by atoms with Gasteiger partial charge in [-0.05, 0) is 29.4 Å². The normalized spacial score (nSPS) is 19.9. The van der Waals surface area contributed by atoms with Gasteiger partial charge >= 0.3 is 6.18 Å². The third kappa shape index (κ3) is 5.25. The van der Waals surface area contributed by atoms with Crippen molar-refractivity contribution in [3.8, 4) is 0 Å². The highest BCUT2D eigenvalue weighted by Gasteiger charge is 2.43. The largest absolute Gasteiger partial charge is 0.405 e. The van der Waals surface area contributed by atoms with Crippen molar-refractivity contribution < 1.29 is 22.8 Å². The van der Waals surface area contributed by atoms with Crippen molar-refractivity contribution in [3.63, 3.8) is 0 Å². The maximum Gasteiger partial charge on any atom is 0.405 e. The number of nitrogens with one attached hydrogen (secondary N) is 2. The van der Waals surface area contributed by atoms with Crippen LogP contribution < -0.4 is 10.6 Å². The van der Waals surface area contributed by atoms with Gasteiger partial charge in [0.1, 0.15) is 6.54 Å². The predicted molar refractivity (Wildman–Crippen MR) is 83.5 cm³/mol. The molecule has 2 amide bonds. The second kappa shape index (κ2) is 7.23. The van der Waals surface area contributed by atoms with Crippen molar-refractivity contribution in [1.82, 2.24) is 10.6 Å². The van der Waals surface area contributed by atoms with E-state index in [-0.39, 0.29) is 17.7 Å². The van der Waals surface area contributed by atoms with E-state index in [1.807, 2.05) is 24.3 Å². The molecule has 0 saturated heterocycles. The number of rotatable bonds is 6. The molecule has 2 atom stereocenters. The fourth-order valence-electron chi connectivity index (χ4n) is 2.54. The molecule has 0 radical (unpaired) electrons. The summed E-state index contributed by atoms with van der Waals surface area (Å²) < 4.78 is 35.9. The third-order valence-corrected chi connectivity index (χ3v) is 4.07. The van der Waals surface area contributed by atoms with Crippen LogP contribution in [0.15, 0.2) is 24.3 Å². The van der Waals surface area contributed by atoms with Gasteiger partial charge in [-0.25, -0.2) is 0 Å². The van der Waals surface area contributed by atoms with Crippen LogP contribution in [0.5, 0.6) is 0 Å². The van der Waals surface area contributed by atoms with Gasteiger partial charge in [0.05, 0.1) is 6.54 Å². The second-order valence-corrected chi connectivity index (χ2v) is 6.38. The van der Waals surface area contributed by atoms with E-state index < -0.39 is 25.2 Å². The number of carbonyl (C=O) groups excluding carboxylic acids is 2. The van der Waals surface area contributed by atoms with Gasteiger partial charge in [0, 0.05) is 5.92 Å². The molecule has 1 aromatic carbocycles. The first-order chi connectivity index (χ1) is 11.2. The van der Waals surface area contributed by atoms with Crippen LogP contribution in [0.1, 0.15) is 43.2 Å². The molecule has 132 valence electrons. The lowest BCUT2D eigenvalue weighted by atomic mass is 10.00. The molecular formula is C17H21F3N2O2. The third-order valence-electron chi connectivity index (χ3n) is 4.07. The maximum absolute atomic E-state index is 12.0. The minimum Gasteiger partial charge on any atom is -0.347 e. The molecule has 0 aliphatic heterocycles. The molecule has 0 spiro atoms. The van der Waals surface area contributed by atoms with Gasteiger partial charge in [-0.1, -0.05) is 38.1 Å². The van der Waals surface area contributed by atoms with Crippen molar-refractivity contribution in [2.24, 2.45) is 5.92 Å². The molecule has 24 heavy (non-hydrogen) atoms. The Morgan fingerprint density at radius 3 is 2.33 bits per heavy atom. The van der Waals surface area contributed by atoms with Crippen molar-refractivity contribution in [2.45, 2.75) is 38.3 Å². The zero-order valence-electron chi connectivity index (χ0n) is 13.6. The summed E-state index contributed by atoms with van der Waals surface area (Å²) in [5.41, 5.74) is 2.29. The van der Waals surface area contributed by atoms with Crippen LogP contribution >= 0.6 is 0 Å². The van der Waals surface area contributed by atoms with Gasteiger partial charge in [-0.3, -0.25) is 9.59 Å². The van der Waals surface area contributed by atoms with Crippen LogP contribution in [0.4, 0.5) is 13.2 Å². The molecule has 1 aromatic rings. The summed E-state index contributed by atoms with van der Waals surface area (Å²) in [6.45, 7) is 2.37. The maximum atomic E-state index is 12.0. The van der Waals surface area contributed by atoms with Crippen LogP contribution in [0, 0.1) is 5.92 Å². The Hall–Kier alpha value is -2.05. The smallest absolute Gasteiger partial charge is 0.347 e. The quantitative estimate of drug-likeness (QED) is 0.835. The summed E-state index contributed by atoms with van der Waals surface area (Å²) in [6.07, 6.45) is -3.76. The van der Waals surface area contributed by atoms with Gasteiger partial charge in [0.25, 0.3) is 0 Å². The van der Waals surface area contributed by atoms with E-state index in [0.29, 0.717) is 12.3 Å². The Morgan fingerprint density at radius 2 is 1.79 bits per heavy atom. The minimum absolute atomic E-state index is 0.115. The summed E-state index contributed by atoms with van der Waals surface area (Å²) in [5, 5.41) is 4.11. The Labute approximate surface area is 138 Å². The fourth-order valence-corrected chi connectivity index (χ4v) is 2.54. The van der Waals surface area contributed by atoms with Crippen LogP contribution in [-0.4, -0.2) is 31.1 Å². The first-order valence-electron chi connectivity index (χ1n) is 7.88. The van der Waals surface area contributed by atoms with Crippen LogP contribution in [0.2, 0.25) is 0 Å². The van der Waals surface area contributed by atoms with Gasteiger partial charge < -0.3 is 10.6 Å². The monoisotopic (exact) mass is 342 g/mol. The molecule has 1 fully saturated rings. The van der Waals surface area contributed by atoms with E-state index in [4.69, 9.17) is 0 Å². The molecule has 1 saturated carbocycles. The highest BCUT2D eigenvalue weighted by atomic mass is 19.4. The average Bonchev–Trinajstić information content (AvgIpc) is 3.30. The molecule has 1 aliphatic rings. The summed E-state index contributed by atoms with van der Waals surface area (Å²) in [5.74, 6) is -0.809. The highest BCUT2D eigenvalue weighted by Crippen LogP contribution is 2.47. The summed E-state index contributed by atoms with van der Waals surface area (Å²) >= 11 is 0. The van der Waals surface area contributed by atoms with E-state index in [1.165, 1.54) is 5.56 Å². The van der Waals surface area contributed by atoms with Crippen molar-refractivity contribution >= 4 is 11.8 Å². The standard InChI is InChI=1S/C17H21F3N2O2/c1-10(2)11-3-5-12(6-4-11)13-7-14(13)16(24)21-8-15(23)22-9-17(18,19)20/h3-6,10,13-14H,7-9H2,1-2H3,(H,21,24)(H,22,23)/t13-,14+/m1/s1. The summed E-state index contributed by atoms with van der Waals surface area (Å²) in [7, 11) is 0. The number of amides is 2. The number of alkyl halides is 3. The lowest BCUT2D eigenvalue weighted by Crippen LogP contribution is -2.41. The van der Waals surface area contributed by atoms with E-state index >= 15 is 0 Å². The Morgan fingerprint density at radius 1 is 1.17 bits per heavy atom. The Balaban J connectivity index is 1.76. The molecular weight excluding hydrogens is 321 g/mol. The van der Waals surface area contributed by atoms with Crippen molar-refractivity contribution in [3.05, 3.63) is 35.4 Å². The Kier molecular flexibility index (Phi) is 5.51. The minimum atomic E-state index is -4.45. The molecule has 7 heteroatoms. The van der Waals surface area contributed by atoms with E-state index in [2.05, 4.69) is 19.2 Å². The molecule has 0 unspecified atom stereocenters. The first kappa shape index (κ1) is 18.3. The average molecular weight is 342 g/mol. The lowest BCUT2D eigenvalue weighted by Gasteiger charge is -2.09. The van der Waals surface area contributed by atoms with E-state index in [9.17, 15) is 22.8 Å². The number of hydrogen-bond acceptors (Lipinski definition) is 2. The van der Waals surface area contributed by atoms with Crippen LogP contribution in [0.3, 0.4) is 0 Å². The molecule has 0 heterocycles. The van der Waals surface area contributed by atoms with Gasteiger partial charge in [-0.2, -0.15) is 13.2 Å². The number of benzene rings is 1. The summed E-state index contributed by atoms with van der Waals surface area (Å²) in [4.78, 5) is 23.2. The molecule has 1 aliphatic carbocycles.